The number of amides is 1. The first-order valence-corrected chi connectivity index (χ1v) is 10.1. The highest BCUT2D eigenvalue weighted by Gasteiger charge is 2.33. The van der Waals surface area contributed by atoms with Gasteiger partial charge in [-0.3, -0.25) is 4.79 Å². The maximum Gasteiger partial charge on any atom is 0.254 e. The second-order valence-corrected chi connectivity index (χ2v) is 8.70. The summed E-state index contributed by atoms with van der Waals surface area (Å²) >= 11 is 0. The van der Waals surface area contributed by atoms with Crippen LogP contribution in [-0.4, -0.2) is 17.4 Å². The molecule has 0 fully saturated rings. The van der Waals surface area contributed by atoms with Crippen LogP contribution in [0.5, 0.6) is 0 Å². The van der Waals surface area contributed by atoms with Gasteiger partial charge < -0.3 is 4.90 Å². The lowest BCUT2D eigenvalue weighted by atomic mass is 9.86. The molecular weight excluding hydrogens is 361 g/mol. The maximum absolute atomic E-state index is 14.8. The van der Waals surface area contributed by atoms with Crippen molar-refractivity contribution in [2.45, 2.75) is 38.6 Å². The molecular formula is C26H26FNO. The molecule has 1 heterocycles. The van der Waals surface area contributed by atoms with Crippen molar-refractivity contribution in [3.05, 3.63) is 106 Å². The van der Waals surface area contributed by atoms with E-state index in [9.17, 15) is 9.18 Å². The van der Waals surface area contributed by atoms with Gasteiger partial charge in [-0.05, 0) is 46.7 Å². The number of carbonyl (C=O) groups is 1. The minimum absolute atomic E-state index is 0.0291. The molecule has 0 unspecified atom stereocenters. The molecule has 0 saturated carbocycles. The van der Waals surface area contributed by atoms with Gasteiger partial charge in [0.05, 0.1) is 6.04 Å². The minimum atomic E-state index is -0.420. The van der Waals surface area contributed by atoms with Gasteiger partial charge in [0.1, 0.15) is 5.82 Å². The van der Waals surface area contributed by atoms with Crippen molar-refractivity contribution in [1.82, 2.24) is 4.90 Å². The molecule has 3 aromatic rings. The zero-order chi connectivity index (χ0) is 20.6. The predicted molar refractivity (Wildman–Crippen MR) is 115 cm³/mol. The van der Waals surface area contributed by atoms with Crippen LogP contribution in [0.25, 0.3) is 0 Å². The standard InChI is InChI=1S/C26H26FNO/c1-26(2,3)20-14-12-19(13-15-20)25(29)28-17-16-18-8-4-5-9-21(18)24(28)22-10-6-7-11-23(22)27/h4-15,24H,16-17H2,1-3H3/t24-/m0/s1. The normalized spacial score (nSPS) is 16.4. The van der Waals surface area contributed by atoms with Crippen molar-refractivity contribution in [2.75, 3.05) is 6.54 Å². The maximum atomic E-state index is 14.8. The predicted octanol–water partition coefficient (Wildman–Crippen LogP) is 5.91. The summed E-state index contributed by atoms with van der Waals surface area (Å²) < 4.78 is 14.8. The summed E-state index contributed by atoms with van der Waals surface area (Å²) in [4.78, 5) is 15.3. The van der Waals surface area contributed by atoms with E-state index < -0.39 is 6.04 Å². The average molecular weight is 387 g/mol. The molecule has 4 rings (SSSR count). The summed E-state index contributed by atoms with van der Waals surface area (Å²) in [5.41, 5.74) is 4.57. The first-order valence-electron chi connectivity index (χ1n) is 10.1. The Hall–Kier alpha value is -2.94. The van der Waals surface area contributed by atoms with Gasteiger partial charge in [-0.15, -0.1) is 0 Å². The van der Waals surface area contributed by atoms with E-state index in [2.05, 4.69) is 26.8 Å². The van der Waals surface area contributed by atoms with Gasteiger partial charge in [0.25, 0.3) is 5.91 Å². The zero-order valence-corrected chi connectivity index (χ0v) is 17.2. The molecule has 0 aliphatic carbocycles. The Balaban J connectivity index is 1.76. The molecule has 148 valence electrons. The van der Waals surface area contributed by atoms with E-state index in [1.54, 1.807) is 12.1 Å². The Morgan fingerprint density at radius 1 is 0.897 bits per heavy atom. The molecule has 1 amide bonds. The summed E-state index contributed by atoms with van der Waals surface area (Å²) in [7, 11) is 0. The highest BCUT2D eigenvalue weighted by Crippen LogP contribution is 2.37. The van der Waals surface area contributed by atoms with E-state index in [0.29, 0.717) is 17.7 Å². The van der Waals surface area contributed by atoms with Gasteiger partial charge in [0, 0.05) is 17.7 Å². The van der Waals surface area contributed by atoms with Gasteiger partial charge in [0.15, 0.2) is 0 Å². The number of fused-ring (bicyclic) bond motifs is 1. The van der Waals surface area contributed by atoms with Gasteiger partial charge in [-0.25, -0.2) is 4.39 Å². The van der Waals surface area contributed by atoms with Crippen LogP contribution in [-0.2, 0) is 11.8 Å². The van der Waals surface area contributed by atoms with Gasteiger partial charge in [0.2, 0.25) is 0 Å². The molecule has 0 radical (unpaired) electrons. The molecule has 1 aliphatic heterocycles. The second kappa shape index (κ2) is 7.47. The number of hydrogen-bond acceptors (Lipinski definition) is 1. The summed E-state index contributed by atoms with van der Waals surface area (Å²) in [5.74, 6) is -0.344. The number of benzene rings is 3. The van der Waals surface area contributed by atoms with Crippen molar-refractivity contribution in [3.8, 4) is 0 Å². The van der Waals surface area contributed by atoms with E-state index in [-0.39, 0.29) is 17.1 Å². The molecule has 0 aromatic heterocycles. The molecule has 0 bridgehead atoms. The number of carbonyl (C=O) groups excluding carboxylic acids is 1. The van der Waals surface area contributed by atoms with Crippen molar-refractivity contribution in [2.24, 2.45) is 0 Å². The lowest BCUT2D eigenvalue weighted by Gasteiger charge is -2.38. The van der Waals surface area contributed by atoms with Crippen molar-refractivity contribution in [1.29, 1.82) is 0 Å². The summed E-state index contributed by atoms with van der Waals surface area (Å²) in [5, 5.41) is 0. The van der Waals surface area contributed by atoms with Gasteiger partial charge >= 0.3 is 0 Å². The summed E-state index contributed by atoms with van der Waals surface area (Å²) in [6.45, 7) is 7.02. The van der Waals surface area contributed by atoms with E-state index in [0.717, 1.165) is 12.0 Å². The fourth-order valence-corrected chi connectivity index (χ4v) is 4.10. The van der Waals surface area contributed by atoms with Crippen LogP contribution in [0.3, 0.4) is 0 Å². The fraction of sp³-hybridized carbons (Fsp3) is 0.269. The van der Waals surface area contributed by atoms with Crippen LogP contribution in [0.1, 0.15) is 59.4 Å². The SMILES string of the molecule is CC(C)(C)c1ccc(C(=O)N2CCc3ccccc3[C@H]2c2ccccc2F)cc1. The topological polar surface area (TPSA) is 20.3 Å². The Kier molecular flexibility index (Phi) is 4.99. The van der Waals surface area contributed by atoms with E-state index >= 15 is 0 Å². The van der Waals surface area contributed by atoms with Gasteiger partial charge in [-0.2, -0.15) is 0 Å². The minimum Gasteiger partial charge on any atom is -0.327 e. The highest BCUT2D eigenvalue weighted by molar-refractivity contribution is 5.95. The first-order chi connectivity index (χ1) is 13.9. The lowest BCUT2D eigenvalue weighted by Crippen LogP contribution is -2.41. The molecule has 2 nitrogen and oxygen atoms in total. The Labute approximate surface area is 172 Å². The van der Waals surface area contributed by atoms with Crippen LogP contribution >= 0.6 is 0 Å². The van der Waals surface area contributed by atoms with Crippen LogP contribution in [0.2, 0.25) is 0 Å². The lowest BCUT2D eigenvalue weighted by molar-refractivity contribution is 0.0692. The van der Waals surface area contributed by atoms with Crippen molar-refractivity contribution in [3.63, 3.8) is 0 Å². The number of rotatable bonds is 2. The molecule has 0 spiro atoms. The van der Waals surface area contributed by atoms with Crippen LogP contribution in [0, 0.1) is 5.82 Å². The largest absolute Gasteiger partial charge is 0.327 e. The third-order valence-electron chi connectivity index (χ3n) is 5.74. The molecule has 3 heteroatoms. The van der Waals surface area contributed by atoms with Crippen molar-refractivity contribution >= 4 is 5.91 Å². The monoisotopic (exact) mass is 387 g/mol. The third-order valence-corrected chi connectivity index (χ3v) is 5.74. The number of halogens is 1. The summed E-state index contributed by atoms with van der Waals surface area (Å²) in [6, 6.07) is 22.2. The number of nitrogens with zero attached hydrogens (tertiary/aromatic N) is 1. The van der Waals surface area contributed by atoms with E-state index in [4.69, 9.17) is 0 Å². The zero-order valence-electron chi connectivity index (χ0n) is 17.2. The smallest absolute Gasteiger partial charge is 0.254 e. The average Bonchev–Trinajstić information content (AvgIpc) is 2.72. The fourth-order valence-electron chi connectivity index (χ4n) is 4.10. The van der Waals surface area contributed by atoms with Crippen LogP contribution in [0.15, 0.2) is 72.8 Å². The molecule has 0 saturated heterocycles. The third kappa shape index (κ3) is 3.69. The van der Waals surface area contributed by atoms with Crippen LogP contribution < -0.4 is 0 Å². The molecule has 29 heavy (non-hydrogen) atoms. The molecule has 1 atom stereocenters. The van der Waals surface area contributed by atoms with Gasteiger partial charge in [-0.1, -0.05) is 75.4 Å². The van der Waals surface area contributed by atoms with E-state index in [1.165, 1.54) is 17.2 Å². The first kappa shape index (κ1) is 19.4. The Bertz CT molecular complexity index is 1030. The molecule has 0 N–H and O–H groups in total. The Morgan fingerprint density at radius 2 is 1.52 bits per heavy atom. The molecule has 1 aliphatic rings. The van der Waals surface area contributed by atoms with Crippen molar-refractivity contribution < 1.29 is 9.18 Å². The Morgan fingerprint density at radius 3 is 2.17 bits per heavy atom. The quantitative estimate of drug-likeness (QED) is 0.535. The molecule has 3 aromatic carbocycles. The summed E-state index contributed by atoms with van der Waals surface area (Å²) in [6.07, 6.45) is 0.771. The second-order valence-electron chi connectivity index (χ2n) is 8.70. The highest BCUT2D eigenvalue weighted by atomic mass is 19.1. The van der Waals surface area contributed by atoms with E-state index in [1.807, 2.05) is 53.4 Å². The number of hydrogen-bond donors (Lipinski definition) is 0. The van der Waals surface area contributed by atoms with Crippen LogP contribution in [0.4, 0.5) is 4.39 Å².